The number of benzene rings is 1. The molecule has 0 aliphatic heterocycles. The Kier molecular flexibility index (Phi) is 3.18. The molecule has 2 heterocycles. The lowest BCUT2D eigenvalue weighted by Gasteiger charge is -2.10. The van der Waals surface area contributed by atoms with Crippen LogP contribution >= 0.6 is 0 Å². The predicted molar refractivity (Wildman–Crippen MR) is 72.9 cm³/mol. The molecule has 0 saturated heterocycles. The van der Waals surface area contributed by atoms with E-state index in [1.54, 1.807) is 24.8 Å². The van der Waals surface area contributed by atoms with E-state index in [9.17, 15) is 0 Å². The fourth-order valence-corrected chi connectivity index (χ4v) is 1.87. The molecule has 1 N–H and O–H groups in total. The van der Waals surface area contributed by atoms with E-state index in [0.29, 0.717) is 6.54 Å². The summed E-state index contributed by atoms with van der Waals surface area (Å²) in [5.41, 5.74) is 2.21. The van der Waals surface area contributed by atoms with E-state index in [2.05, 4.69) is 26.4 Å². The second-order valence-electron chi connectivity index (χ2n) is 4.02. The van der Waals surface area contributed by atoms with Crippen molar-refractivity contribution in [2.24, 2.45) is 0 Å². The Bertz CT molecular complexity index is 634. The molecule has 5 nitrogen and oxygen atoms in total. The van der Waals surface area contributed by atoms with Gasteiger partial charge in [-0.2, -0.15) is 5.10 Å². The lowest BCUT2D eigenvalue weighted by atomic mass is 10.2. The first-order valence-corrected chi connectivity index (χ1v) is 6.01. The predicted octanol–water partition coefficient (Wildman–Crippen LogP) is 2.27. The first-order valence-electron chi connectivity index (χ1n) is 6.01. The summed E-state index contributed by atoms with van der Waals surface area (Å²) in [5.74, 6) is 0.762. The summed E-state index contributed by atoms with van der Waals surface area (Å²) >= 11 is 0. The Labute approximate surface area is 111 Å². The van der Waals surface area contributed by atoms with Crippen molar-refractivity contribution in [2.75, 3.05) is 5.32 Å². The fraction of sp³-hybridized carbons (Fsp3) is 0.0714. The molecule has 0 saturated carbocycles. The minimum atomic E-state index is 0.675. The highest BCUT2D eigenvalue weighted by atomic mass is 15.3. The number of aromatic nitrogens is 4. The minimum absolute atomic E-state index is 0.675. The Morgan fingerprint density at radius 1 is 1.05 bits per heavy atom. The highest BCUT2D eigenvalue weighted by Crippen LogP contribution is 2.14. The summed E-state index contributed by atoms with van der Waals surface area (Å²) in [6, 6.07) is 10.0. The zero-order valence-electron chi connectivity index (χ0n) is 10.3. The molecule has 0 aliphatic rings. The van der Waals surface area contributed by atoms with Gasteiger partial charge in [0, 0.05) is 31.3 Å². The molecule has 3 aromatic rings. The molecule has 0 spiro atoms. The summed E-state index contributed by atoms with van der Waals surface area (Å²) in [7, 11) is 0. The molecule has 0 aliphatic carbocycles. The van der Waals surface area contributed by atoms with Gasteiger partial charge in [-0.05, 0) is 17.7 Å². The Morgan fingerprint density at radius 2 is 2.00 bits per heavy atom. The zero-order chi connectivity index (χ0) is 12.9. The van der Waals surface area contributed by atoms with Crippen LogP contribution in [0, 0.1) is 0 Å². The van der Waals surface area contributed by atoms with Crippen LogP contribution in [0.1, 0.15) is 5.56 Å². The SMILES string of the molecule is c1ccc(-n2cccn2)c(CNc2cnccn2)c1. The summed E-state index contributed by atoms with van der Waals surface area (Å²) in [6.45, 7) is 0.675. The molecule has 0 bridgehead atoms. The van der Waals surface area contributed by atoms with Gasteiger partial charge in [0.15, 0.2) is 0 Å². The van der Waals surface area contributed by atoms with Crippen LogP contribution in [0.5, 0.6) is 0 Å². The second kappa shape index (κ2) is 5.30. The quantitative estimate of drug-likeness (QED) is 0.773. The molecule has 5 heteroatoms. The molecule has 0 unspecified atom stereocenters. The minimum Gasteiger partial charge on any atom is -0.365 e. The summed E-state index contributed by atoms with van der Waals surface area (Å²) in [4.78, 5) is 8.22. The maximum absolute atomic E-state index is 4.26. The summed E-state index contributed by atoms with van der Waals surface area (Å²) < 4.78 is 1.85. The lowest BCUT2D eigenvalue weighted by Crippen LogP contribution is -2.06. The molecule has 1 aromatic carbocycles. The molecular formula is C14H13N5. The number of rotatable bonds is 4. The molecule has 0 amide bonds. The van der Waals surface area contributed by atoms with Crippen molar-refractivity contribution in [2.45, 2.75) is 6.54 Å². The first-order chi connectivity index (χ1) is 9.43. The van der Waals surface area contributed by atoms with Gasteiger partial charge in [0.25, 0.3) is 0 Å². The third-order valence-electron chi connectivity index (χ3n) is 2.77. The van der Waals surface area contributed by atoms with E-state index in [1.807, 2.05) is 35.1 Å². The highest BCUT2D eigenvalue weighted by Gasteiger charge is 2.04. The van der Waals surface area contributed by atoms with Gasteiger partial charge in [-0.1, -0.05) is 18.2 Å². The van der Waals surface area contributed by atoms with Crippen molar-refractivity contribution in [3.8, 4) is 5.69 Å². The largest absolute Gasteiger partial charge is 0.365 e. The van der Waals surface area contributed by atoms with E-state index in [-0.39, 0.29) is 0 Å². The molecular weight excluding hydrogens is 238 g/mol. The van der Waals surface area contributed by atoms with Crippen LogP contribution in [0.2, 0.25) is 0 Å². The van der Waals surface area contributed by atoms with E-state index in [1.165, 1.54) is 0 Å². The Hall–Kier alpha value is -2.69. The van der Waals surface area contributed by atoms with Crippen molar-refractivity contribution >= 4 is 5.82 Å². The van der Waals surface area contributed by atoms with E-state index in [4.69, 9.17) is 0 Å². The monoisotopic (exact) mass is 251 g/mol. The number of anilines is 1. The highest BCUT2D eigenvalue weighted by molar-refractivity contribution is 5.43. The molecule has 94 valence electrons. The number of nitrogens with one attached hydrogen (secondary N) is 1. The van der Waals surface area contributed by atoms with Gasteiger partial charge in [-0.25, -0.2) is 9.67 Å². The van der Waals surface area contributed by atoms with Gasteiger partial charge in [0.2, 0.25) is 0 Å². The van der Waals surface area contributed by atoms with Gasteiger partial charge in [0.05, 0.1) is 11.9 Å². The molecule has 3 rings (SSSR count). The third kappa shape index (κ3) is 2.60. The van der Waals surface area contributed by atoms with Gasteiger partial charge >= 0.3 is 0 Å². The smallest absolute Gasteiger partial charge is 0.144 e. The maximum atomic E-state index is 4.26. The zero-order valence-corrected chi connectivity index (χ0v) is 10.3. The van der Waals surface area contributed by atoms with Crippen molar-refractivity contribution in [3.63, 3.8) is 0 Å². The average Bonchev–Trinajstić information content (AvgIpc) is 3.01. The van der Waals surface area contributed by atoms with E-state index >= 15 is 0 Å². The number of hydrogen-bond acceptors (Lipinski definition) is 4. The average molecular weight is 251 g/mol. The molecule has 0 radical (unpaired) electrons. The standard InChI is InChI=1S/C14H13N5/c1-2-5-13(19-9-3-6-18-19)12(4-1)10-17-14-11-15-7-8-16-14/h1-9,11H,10H2,(H,16,17). The Morgan fingerprint density at radius 3 is 2.79 bits per heavy atom. The van der Waals surface area contributed by atoms with Crippen LogP contribution in [0.3, 0.4) is 0 Å². The van der Waals surface area contributed by atoms with Crippen molar-refractivity contribution in [3.05, 3.63) is 66.9 Å². The third-order valence-corrected chi connectivity index (χ3v) is 2.77. The topological polar surface area (TPSA) is 55.6 Å². The van der Waals surface area contributed by atoms with Gasteiger partial charge in [0.1, 0.15) is 5.82 Å². The Balaban J connectivity index is 1.82. The fourth-order valence-electron chi connectivity index (χ4n) is 1.87. The number of nitrogens with zero attached hydrogens (tertiary/aromatic N) is 4. The van der Waals surface area contributed by atoms with Gasteiger partial charge in [-0.15, -0.1) is 0 Å². The maximum Gasteiger partial charge on any atom is 0.144 e. The van der Waals surface area contributed by atoms with Crippen LogP contribution in [0.25, 0.3) is 5.69 Å². The van der Waals surface area contributed by atoms with Gasteiger partial charge in [-0.3, -0.25) is 4.98 Å². The summed E-state index contributed by atoms with van der Waals surface area (Å²) in [5, 5.41) is 7.51. The van der Waals surface area contributed by atoms with E-state index < -0.39 is 0 Å². The van der Waals surface area contributed by atoms with Crippen LogP contribution in [0.15, 0.2) is 61.3 Å². The number of hydrogen-bond donors (Lipinski definition) is 1. The van der Waals surface area contributed by atoms with Crippen molar-refractivity contribution < 1.29 is 0 Å². The van der Waals surface area contributed by atoms with Crippen molar-refractivity contribution in [1.82, 2.24) is 19.7 Å². The van der Waals surface area contributed by atoms with Crippen molar-refractivity contribution in [1.29, 1.82) is 0 Å². The second-order valence-corrected chi connectivity index (χ2v) is 4.02. The van der Waals surface area contributed by atoms with E-state index in [0.717, 1.165) is 17.1 Å². The van der Waals surface area contributed by atoms with Crippen LogP contribution in [-0.4, -0.2) is 19.7 Å². The van der Waals surface area contributed by atoms with Crippen LogP contribution in [-0.2, 0) is 6.54 Å². The number of para-hydroxylation sites is 1. The summed E-state index contributed by atoms with van der Waals surface area (Å²) in [6.07, 6.45) is 8.73. The molecule has 0 fully saturated rings. The molecule has 2 aromatic heterocycles. The van der Waals surface area contributed by atoms with Crippen LogP contribution < -0.4 is 5.32 Å². The molecule has 0 atom stereocenters. The lowest BCUT2D eigenvalue weighted by molar-refractivity contribution is 0.863. The van der Waals surface area contributed by atoms with Crippen LogP contribution in [0.4, 0.5) is 5.82 Å². The normalized spacial score (nSPS) is 10.3. The molecule has 19 heavy (non-hydrogen) atoms. The first kappa shape index (κ1) is 11.4. The van der Waals surface area contributed by atoms with Gasteiger partial charge < -0.3 is 5.32 Å².